The molecule has 2 aromatic carbocycles. The van der Waals surface area contributed by atoms with Crippen molar-refractivity contribution in [1.29, 1.82) is 0 Å². The third-order valence-electron chi connectivity index (χ3n) is 3.47. The number of rotatable bonds is 5. The van der Waals surface area contributed by atoms with Crippen molar-refractivity contribution in [2.75, 3.05) is 0 Å². The Hall–Kier alpha value is -4.01. The molecule has 0 aliphatic rings. The minimum atomic E-state index is -0.707. The first-order valence-corrected chi connectivity index (χ1v) is 7.46. The summed E-state index contributed by atoms with van der Waals surface area (Å²) in [7, 11) is 0. The second-order valence-corrected chi connectivity index (χ2v) is 5.24. The molecule has 0 aliphatic heterocycles. The number of phenolic OH excluding ortho intramolecular Hbond substituents is 1. The topological polar surface area (TPSA) is 134 Å². The van der Waals surface area contributed by atoms with Gasteiger partial charge in [0.25, 0.3) is 5.91 Å². The molecule has 0 spiro atoms. The minimum Gasteiger partial charge on any atom is -0.502 e. The van der Waals surface area contributed by atoms with Crippen LogP contribution in [0, 0.1) is 10.1 Å². The Balaban J connectivity index is 1.68. The molecule has 9 nitrogen and oxygen atoms in total. The van der Waals surface area contributed by atoms with Gasteiger partial charge in [0.1, 0.15) is 5.69 Å². The van der Waals surface area contributed by atoms with Gasteiger partial charge < -0.3 is 5.11 Å². The van der Waals surface area contributed by atoms with E-state index in [9.17, 15) is 20.0 Å². The number of aromatic amines is 1. The summed E-state index contributed by atoms with van der Waals surface area (Å²) in [5, 5.41) is 30.6. The standard InChI is InChI=1S/C17H13N5O4/c23-16-7-6-11(8-15(16)22(25)26)10-18-21-17(24)14-9-13(19-20-14)12-4-2-1-3-5-12/h1-10,23H,(H,19,20)(H,21,24). The molecule has 0 fully saturated rings. The van der Waals surface area contributed by atoms with Gasteiger partial charge in [0.15, 0.2) is 5.75 Å². The number of nitrogens with one attached hydrogen (secondary N) is 2. The first-order valence-electron chi connectivity index (χ1n) is 7.46. The number of H-pyrrole nitrogens is 1. The molecule has 3 rings (SSSR count). The zero-order valence-electron chi connectivity index (χ0n) is 13.3. The zero-order chi connectivity index (χ0) is 18.5. The second kappa shape index (κ2) is 7.26. The number of hydrazone groups is 1. The number of benzene rings is 2. The van der Waals surface area contributed by atoms with E-state index in [2.05, 4.69) is 20.7 Å². The van der Waals surface area contributed by atoms with Crippen LogP contribution in [0.25, 0.3) is 11.3 Å². The monoisotopic (exact) mass is 351 g/mol. The molecule has 1 aromatic heterocycles. The van der Waals surface area contributed by atoms with E-state index >= 15 is 0 Å². The van der Waals surface area contributed by atoms with Gasteiger partial charge in [0.2, 0.25) is 0 Å². The van der Waals surface area contributed by atoms with E-state index in [1.807, 2.05) is 30.3 Å². The molecule has 0 atom stereocenters. The molecule has 0 aliphatic carbocycles. The van der Waals surface area contributed by atoms with Gasteiger partial charge in [0.05, 0.1) is 16.8 Å². The van der Waals surface area contributed by atoms with E-state index in [-0.39, 0.29) is 5.69 Å². The molecule has 3 aromatic rings. The Morgan fingerprint density at radius 3 is 2.73 bits per heavy atom. The van der Waals surface area contributed by atoms with Crippen molar-refractivity contribution in [3.8, 4) is 17.0 Å². The molecular weight excluding hydrogens is 338 g/mol. The summed E-state index contributed by atoms with van der Waals surface area (Å²) in [5.74, 6) is -0.953. The molecule has 0 saturated carbocycles. The maximum atomic E-state index is 12.1. The van der Waals surface area contributed by atoms with Crippen LogP contribution < -0.4 is 5.43 Å². The van der Waals surface area contributed by atoms with Crippen molar-refractivity contribution in [2.24, 2.45) is 5.10 Å². The number of hydrogen-bond donors (Lipinski definition) is 3. The minimum absolute atomic E-state index is 0.220. The molecule has 0 unspecified atom stereocenters. The molecule has 9 heteroatoms. The van der Waals surface area contributed by atoms with Gasteiger partial charge in [0, 0.05) is 17.2 Å². The fourth-order valence-corrected chi connectivity index (χ4v) is 2.19. The molecule has 130 valence electrons. The van der Waals surface area contributed by atoms with Gasteiger partial charge in [-0.05, 0) is 18.2 Å². The van der Waals surface area contributed by atoms with Crippen molar-refractivity contribution in [2.45, 2.75) is 0 Å². The average molecular weight is 351 g/mol. The van der Waals surface area contributed by atoms with Crippen molar-refractivity contribution in [1.82, 2.24) is 15.6 Å². The van der Waals surface area contributed by atoms with Crippen LogP contribution in [0.3, 0.4) is 0 Å². The van der Waals surface area contributed by atoms with Gasteiger partial charge in [-0.2, -0.15) is 10.2 Å². The third kappa shape index (κ3) is 3.73. The molecule has 0 saturated heterocycles. The largest absolute Gasteiger partial charge is 0.502 e. The fourth-order valence-electron chi connectivity index (χ4n) is 2.19. The molecular formula is C17H13N5O4. The summed E-state index contributed by atoms with van der Waals surface area (Å²) in [5.41, 5.74) is 3.91. The van der Waals surface area contributed by atoms with Crippen LogP contribution in [0.4, 0.5) is 5.69 Å². The highest BCUT2D eigenvalue weighted by Crippen LogP contribution is 2.25. The quantitative estimate of drug-likeness (QED) is 0.369. The molecule has 1 heterocycles. The summed E-state index contributed by atoms with van der Waals surface area (Å²) in [4.78, 5) is 22.1. The molecule has 0 radical (unpaired) electrons. The van der Waals surface area contributed by atoms with Crippen molar-refractivity contribution in [3.05, 3.63) is 76.0 Å². The summed E-state index contributed by atoms with van der Waals surface area (Å²) in [6.07, 6.45) is 1.23. The van der Waals surface area contributed by atoms with Gasteiger partial charge in [-0.25, -0.2) is 5.43 Å². The Morgan fingerprint density at radius 2 is 2.00 bits per heavy atom. The molecule has 1 amide bonds. The predicted molar refractivity (Wildman–Crippen MR) is 93.8 cm³/mol. The van der Waals surface area contributed by atoms with Crippen LogP contribution in [0.1, 0.15) is 16.1 Å². The third-order valence-corrected chi connectivity index (χ3v) is 3.47. The summed E-state index contributed by atoms with van der Waals surface area (Å²) in [6, 6.07) is 14.7. The smallest absolute Gasteiger partial charge is 0.311 e. The second-order valence-electron chi connectivity index (χ2n) is 5.24. The van der Waals surface area contributed by atoms with Gasteiger partial charge in [-0.1, -0.05) is 30.3 Å². The maximum absolute atomic E-state index is 12.1. The normalized spacial score (nSPS) is 10.8. The van der Waals surface area contributed by atoms with Crippen LogP contribution in [0.15, 0.2) is 59.7 Å². The Kier molecular flexibility index (Phi) is 4.70. The number of carbonyl (C=O) groups excluding carboxylic acids is 1. The number of phenols is 1. The number of nitro groups is 1. The van der Waals surface area contributed by atoms with E-state index in [0.717, 1.165) is 11.6 Å². The average Bonchev–Trinajstić information content (AvgIpc) is 3.14. The lowest BCUT2D eigenvalue weighted by atomic mass is 10.1. The number of nitrogens with zero attached hydrogens (tertiary/aromatic N) is 3. The summed E-state index contributed by atoms with van der Waals surface area (Å²) < 4.78 is 0. The molecule has 26 heavy (non-hydrogen) atoms. The van der Waals surface area contributed by atoms with Crippen molar-refractivity contribution >= 4 is 17.8 Å². The van der Waals surface area contributed by atoms with E-state index in [1.165, 1.54) is 18.3 Å². The first kappa shape index (κ1) is 16.8. The Morgan fingerprint density at radius 1 is 1.23 bits per heavy atom. The lowest BCUT2D eigenvalue weighted by Crippen LogP contribution is -2.18. The van der Waals surface area contributed by atoms with E-state index < -0.39 is 22.3 Å². The van der Waals surface area contributed by atoms with Crippen LogP contribution in [-0.4, -0.2) is 32.3 Å². The zero-order valence-corrected chi connectivity index (χ0v) is 13.3. The van der Waals surface area contributed by atoms with E-state index in [4.69, 9.17) is 0 Å². The molecule has 0 bridgehead atoms. The lowest BCUT2D eigenvalue weighted by molar-refractivity contribution is -0.385. The highest BCUT2D eigenvalue weighted by Gasteiger charge is 2.13. The highest BCUT2D eigenvalue weighted by molar-refractivity contribution is 5.94. The fraction of sp³-hybridized carbons (Fsp3) is 0. The Labute approximate surface area is 147 Å². The molecule has 3 N–H and O–H groups in total. The number of aromatic nitrogens is 2. The van der Waals surface area contributed by atoms with Crippen LogP contribution in [0.2, 0.25) is 0 Å². The lowest BCUT2D eigenvalue weighted by Gasteiger charge is -1.98. The SMILES string of the molecule is O=C(NN=Cc1ccc(O)c([N+](=O)[O-])c1)c1cc(-c2ccccc2)n[nH]1. The van der Waals surface area contributed by atoms with E-state index in [0.29, 0.717) is 11.3 Å². The summed E-state index contributed by atoms with van der Waals surface area (Å²) in [6.45, 7) is 0. The first-order chi connectivity index (χ1) is 12.5. The van der Waals surface area contributed by atoms with Gasteiger partial charge in [-0.15, -0.1) is 0 Å². The number of hydrogen-bond acceptors (Lipinski definition) is 6. The van der Waals surface area contributed by atoms with Crippen molar-refractivity contribution < 1.29 is 14.8 Å². The van der Waals surface area contributed by atoms with Gasteiger partial charge in [-0.3, -0.25) is 20.0 Å². The van der Waals surface area contributed by atoms with Gasteiger partial charge >= 0.3 is 5.69 Å². The van der Waals surface area contributed by atoms with Crippen LogP contribution >= 0.6 is 0 Å². The predicted octanol–water partition coefficient (Wildman–Crippen LogP) is 2.45. The number of carbonyl (C=O) groups is 1. The number of amides is 1. The van der Waals surface area contributed by atoms with Crippen LogP contribution in [-0.2, 0) is 0 Å². The number of nitro benzene ring substituents is 1. The Bertz CT molecular complexity index is 982. The number of aromatic hydroxyl groups is 1. The highest BCUT2D eigenvalue weighted by atomic mass is 16.6. The van der Waals surface area contributed by atoms with Crippen LogP contribution in [0.5, 0.6) is 5.75 Å². The van der Waals surface area contributed by atoms with Crippen molar-refractivity contribution in [3.63, 3.8) is 0 Å². The maximum Gasteiger partial charge on any atom is 0.311 e. The van der Waals surface area contributed by atoms with E-state index in [1.54, 1.807) is 6.07 Å². The summed E-state index contributed by atoms with van der Waals surface area (Å²) >= 11 is 0.